The Morgan fingerprint density at radius 3 is 2.17 bits per heavy atom. The van der Waals surface area contributed by atoms with Gasteiger partial charge in [-0.05, 0) is 34.1 Å². The number of methoxy groups -OCH3 is 1. The second-order valence-corrected chi connectivity index (χ2v) is 4.24. The Morgan fingerprint density at radius 2 is 1.78 bits per heavy atom. The molecule has 0 aliphatic heterocycles. The molecule has 0 heterocycles. The van der Waals surface area contributed by atoms with Crippen molar-refractivity contribution in [3.63, 3.8) is 0 Å². The van der Waals surface area contributed by atoms with Gasteiger partial charge in [-0.2, -0.15) is 22.0 Å². The van der Waals surface area contributed by atoms with Crippen LogP contribution in [0.15, 0.2) is 18.2 Å². The number of ketones is 1. The third-order valence-corrected chi connectivity index (χ3v) is 2.38. The average molecular weight is 333 g/mol. The van der Waals surface area contributed by atoms with Gasteiger partial charge in [-0.3, -0.25) is 4.79 Å². The predicted molar refractivity (Wildman–Crippen MR) is 56.2 cm³/mol. The van der Waals surface area contributed by atoms with E-state index in [9.17, 15) is 26.7 Å². The van der Waals surface area contributed by atoms with E-state index >= 15 is 0 Å². The molecule has 0 aliphatic rings. The van der Waals surface area contributed by atoms with Crippen LogP contribution in [0.1, 0.15) is 15.9 Å². The second-order valence-electron chi connectivity index (χ2n) is 3.24. The van der Waals surface area contributed by atoms with E-state index in [0.717, 1.165) is 19.2 Å². The fraction of sp³-hybridized carbons (Fsp3) is 0.300. The molecule has 2 nitrogen and oxygen atoms in total. The molecule has 8 heteroatoms. The van der Waals surface area contributed by atoms with Crippen molar-refractivity contribution in [2.75, 3.05) is 7.11 Å². The Kier molecular flexibility index (Phi) is 3.99. The van der Waals surface area contributed by atoms with E-state index in [1.165, 1.54) is 0 Å². The number of hydrogen-bond donors (Lipinski definition) is 0. The van der Waals surface area contributed by atoms with E-state index in [1.807, 2.05) is 0 Å². The molecule has 0 amide bonds. The van der Waals surface area contributed by atoms with E-state index in [2.05, 4.69) is 4.74 Å². The number of ether oxygens (including phenoxy) is 1. The second kappa shape index (κ2) is 4.83. The summed E-state index contributed by atoms with van der Waals surface area (Å²) in [5, 5.41) is 0. The maximum atomic E-state index is 12.7. The van der Waals surface area contributed by atoms with Crippen molar-refractivity contribution in [1.82, 2.24) is 0 Å². The lowest BCUT2D eigenvalue weighted by Crippen LogP contribution is -2.21. The molecule has 1 aromatic carbocycles. The SMILES string of the molecule is COc1ccc(C(=O)C(F)(F)Br)cc1C(F)(F)F. The minimum Gasteiger partial charge on any atom is -0.496 e. The first-order valence-electron chi connectivity index (χ1n) is 4.44. The van der Waals surface area contributed by atoms with Gasteiger partial charge in [0, 0.05) is 5.56 Å². The molecule has 0 saturated carbocycles. The zero-order valence-corrected chi connectivity index (χ0v) is 10.4. The molecule has 0 unspecified atom stereocenters. The van der Waals surface area contributed by atoms with Gasteiger partial charge in [-0.25, -0.2) is 0 Å². The number of carbonyl (C=O) groups is 1. The third-order valence-electron chi connectivity index (χ3n) is 2.02. The first kappa shape index (κ1) is 14.9. The smallest absolute Gasteiger partial charge is 0.419 e. The van der Waals surface area contributed by atoms with Crippen molar-refractivity contribution >= 4 is 21.7 Å². The van der Waals surface area contributed by atoms with Crippen LogP contribution in [0.4, 0.5) is 22.0 Å². The highest BCUT2D eigenvalue weighted by molar-refractivity contribution is 9.10. The van der Waals surface area contributed by atoms with Crippen LogP contribution in [-0.4, -0.2) is 17.7 Å². The Bertz CT molecular complexity index is 464. The highest BCUT2D eigenvalue weighted by Gasteiger charge is 2.39. The van der Waals surface area contributed by atoms with Gasteiger partial charge in [-0.1, -0.05) is 0 Å². The number of halogens is 6. The van der Waals surface area contributed by atoms with Crippen LogP contribution in [0.5, 0.6) is 5.75 Å². The van der Waals surface area contributed by atoms with E-state index in [0.29, 0.717) is 6.07 Å². The summed E-state index contributed by atoms with van der Waals surface area (Å²) in [6, 6.07) is 1.98. The van der Waals surface area contributed by atoms with Crippen LogP contribution in [0.3, 0.4) is 0 Å². The van der Waals surface area contributed by atoms with Crippen molar-refractivity contribution in [3.05, 3.63) is 29.3 Å². The fourth-order valence-corrected chi connectivity index (χ4v) is 1.46. The number of alkyl halides is 6. The molecule has 0 radical (unpaired) electrons. The molecule has 1 rings (SSSR count). The lowest BCUT2D eigenvalue weighted by Gasteiger charge is -2.14. The molecule has 18 heavy (non-hydrogen) atoms. The molecule has 0 aromatic heterocycles. The summed E-state index contributed by atoms with van der Waals surface area (Å²) < 4.78 is 67.5. The van der Waals surface area contributed by atoms with Crippen LogP contribution in [0, 0.1) is 0 Å². The van der Waals surface area contributed by atoms with Crippen LogP contribution in [0.2, 0.25) is 0 Å². The van der Waals surface area contributed by atoms with Gasteiger partial charge in [-0.15, -0.1) is 0 Å². The Hall–Kier alpha value is -1.18. The molecular formula is C10H6BrF5O2. The minimum atomic E-state index is -4.80. The quantitative estimate of drug-likeness (QED) is 0.477. The van der Waals surface area contributed by atoms with Crippen molar-refractivity contribution in [1.29, 1.82) is 0 Å². The normalized spacial score (nSPS) is 12.4. The topological polar surface area (TPSA) is 26.3 Å². The molecule has 0 bridgehead atoms. The number of benzene rings is 1. The fourth-order valence-electron chi connectivity index (χ4n) is 1.23. The number of hydrogen-bond acceptors (Lipinski definition) is 2. The zero-order chi connectivity index (χ0) is 14.1. The molecule has 0 aliphatic carbocycles. The lowest BCUT2D eigenvalue weighted by molar-refractivity contribution is -0.138. The summed E-state index contributed by atoms with van der Waals surface area (Å²) in [6.07, 6.45) is -4.80. The van der Waals surface area contributed by atoms with Crippen LogP contribution >= 0.6 is 15.9 Å². The van der Waals surface area contributed by atoms with Gasteiger partial charge in [0.1, 0.15) is 5.75 Å². The first-order valence-corrected chi connectivity index (χ1v) is 5.23. The summed E-state index contributed by atoms with van der Waals surface area (Å²) >= 11 is 1.80. The lowest BCUT2D eigenvalue weighted by atomic mass is 10.1. The van der Waals surface area contributed by atoms with E-state index in [1.54, 1.807) is 15.9 Å². The van der Waals surface area contributed by atoms with E-state index in [4.69, 9.17) is 0 Å². The van der Waals surface area contributed by atoms with Crippen LogP contribution < -0.4 is 4.74 Å². The van der Waals surface area contributed by atoms with E-state index in [-0.39, 0.29) is 0 Å². The van der Waals surface area contributed by atoms with Crippen molar-refractivity contribution in [2.24, 2.45) is 0 Å². The summed E-state index contributed by atoms with van der Waals surface area (Å²) in [7, 11) is 1.01. The number of carbonyl (C=O) groups excluding carboxylic acids is 1. The van der Waals surface area contributed by atoms with Crippen LogP contribution in [0.25, 0.3) is 0 Å². The maximum Gasteiger partial charge on any atom is 0.419 e. The molecule has 1 aromatic rings. The summed E-state index contributed by atoms with van der Waals surface area (Å²) in [5.74, 6) is -2.30. The zero-order valence-electron chi connectivity index (χ0n) is 8.82. The molecule has 0 spiro atoms. The Balaban J connectivity index is 3.32. The number of Topliss-reactive ketones (excluding diaryl/α,β-unsaturated/α-hetero) is 1. The largest absolute Gasteiger partial charge is 0.496 e. The van der Waals surface area contributed by atoms with Gasteiger partial charge >= 0.3 is 11.0 Å². The molecule has 0 saturated heterocycles. The highest BCUT2D eigenvalue weighted by atomic mass is 79.9. The average Bonchev–Trinajstić information content (AvgIpc) is 2.24. The minimum absolute atomic E-state index is 0.330. The predicted octanol–water partition coefficient (Wildman–Crippen LogP) is 3.88. The first-order chi connectivity index (χ1) is 8.07. The maximum absolute atomic E-state index is 12.7. The van der Waals surface area contributed by atoms with Gasteiger partial charge < -0.3 is 4.74 Å². The van der Waals surface area contributed by atoms with Gasteiger partial charge in [0.15, 0.2) is 0 Å². The van der Waals surface area contributed by atoms with Crippen LogP contribution in [-0.2, 0) is 6.18 Å². The molecule has 0 fully saturated rings. The standard InChI is InChI=1S/C10H6BrF5O2/c1-18-7-3-2-5(8(17)9(11,12)13)4-6(7)10(14,15)16/h2-4H,1H3. The van der Waals surface area contributed by atoms with Crippen molar-refractivity contribution in [3.8, 4) is 5.75 Å². The summed E-state index contributed by atoms with van der Waals surface area (Å²) in [6.45, 7) is 0. The van der Waals surface area contributed by atoms with Gasteiger partial charge in [0.2, 0.25) is 5.78 Å². The van der Waals surface area contributed by atoms with Gasteiger partial charge in [0.25, 0.3) is 0 Å². The Labute approximate surface area is 107 Å². The highest BCUT2D eigenvalue weighted by Crippen LogP contribution is 2.38. The molecule has 0 atom stereocenters. The molecule has 100 valence electrons. The van der Waals surface area contributed by atoms with Gasteiger partial charge in [0.05, 0.1) is 12.7 Å². The molecule has 0 N–H and O–H groups in total. The summed E-state index contributed by atoms with van der Waals surface area (Å²) in [4.78, 5) is 7.23. The third kappa shape index (κ3) is 3.18. The monoisotopic (exact) mass is 332 g/mol. The number of rotatable bonds is 3. The van der Waals surface area contributed by atoms with Crippen molar-refractivity contribution in [2.45, 2.75) is 11.0 Å². The van der Waals surface area contributed by atoms with E-state index < -0.39 is 33.7 Å². The van der Waals surface area contributed by atoms with Crippen molar-refractivity contribution < 1.29 is 31.5 Å². The molecular weight excluding hydrogens is 327 g/mol. The Morgan fingerprint density at radius 1 is 1.22 bits per heavy atom. The summed E-state index contributed by atoms with van der Waals surface area (Å²) in [5.41, 5.74) is -2.04.